The van der Waals surface area contributed by atoms with Crippen molar-refractivity contribution in [1.29, 1.82) is 0 Å². The average molecular weight is 257 g/mol. The fraction of sp³-hybridized carbons (Fsp3) is 1.00. The highest BCUT2D eigenvalue weighted by molar-refractivity contribution is 5.15. The monoisotopic (exact) mass is 257 g/mol. The van der Waals surface area contributed by atoms with Crippen molar-refractivity contribution >= 4 is 0 Å². The second-order valence-electron chi connectivity index (χ2n) is 6.00. The first-order valence-corrected chi connectivity index (χ1v) is 6.89. The molecule has 3 rings (SSSR count). The molecule has 5 heteroatoms. The zero-order valence-corrected chi connectivity index (χ0v) is 10.8. The van der Waals surface area contributed by atoms with Crippen molar-refractivity contribution in [2.24, 2.45) is 23.2 Å². The first kappa shape index (κ1) is 12.8. The van der Waals surface area contributed by atoms with Gasteiger partial charge in [-0.05, 0) is 11.8 Å². The van der Waals surface area contributed by atoms with E-state index in [0.717, 1.165) is 32.8 Å². The summed E-state index contributed by atoms with van der Waals surface area (Å²) in [6, 6.07) is 0. The van der Waals surface area contributed by atoms with E-state index in [0.29, 0.717) is 31.0 Å². The van der Waals surface area contributed by atoms with Gasteiger partial charge in [0.25, 0.3) is 0 Å². The number of likely N-dealkylation sites (tertiary alicyclic amines) is 1. The van der Waals surface area contributed by atoms with Crippen LogP contribution in [0.1, 0.15) is 0 Å². The lowest BCUT2D eigenvalue weighted by molar-refractivity contribution is 0.0704. The zero-order valence-electron chi connectivity index (χ0n) is 10.8. The van der Waals surface area contributed by atoms with Gasteiger partial charge in [0.2, 0.25) is 0 Å². The Bertz CT molecular complexity index is 273. The number of piperidine rings is 1. The van der Waals surface area contributed by atoms with E-state index >= 15 is 0 Å². The quantitative estimate of drug-likeness (QED) is 0.689. The fourth-order valence-electron chi connectivity index (χ4n) is 3.72. The summed E-state index contributed by atoms with van der Waals surface area (Å²) in [5.41, 5.74) is -0.174. The van der Waals surface area contributed by atoms with Crippen LogP contribution >= 0.6 is 0 Å². The van der Waals surface area contributed by atoms with E-state index in [4.69, 9.17) is 9.47 Å². The Morgan fingerprint density at radius 3 is 2.06 bits per heavy atom. The maximum Gasteiger partial charge on any atom is 0.0700 e. The number of hydrogen-bond donors (Lipinski definition) is 2. The largest absolute Gasteiger partial charge is 0.396 e. The summed E-state index contributed by atoms with van der Waals surface area (Å²) >= 11 is 0. The molecule has 104 valence electrons. The molecule has 0 amide bonds. The van der Waals surface area contributed by atoms with Gasteiger partial charge in [-0.2, -0.15) is 0 Å². The molecule has 2 N–H and O–H groups in total. The van der Waals surface area contributed by atoms with Gasteiger partial charge in [0.1, 0.15) is 0 Å². The SMILES string of the molecule is OCC1(CO)C2CN(CC3COCCOC3)CC21. The van der Waals surface area contributed by atoms with Crippen molar-refractivity contribution in [3.8, 4) is 0 Å². The number of ether oxygens (including phenoxy) is 2. The lowest BCUT2D eigenvalue weighted by Gasteiger charge is -2.27. The molecule has 0 aromatic heterocycles. The molecule has 2 atom stereocenters. The van der Waals surface area contributed by atoms with Crippen molar-refractivity contribution in [3.05, 3.63) is 0 Å². The highest BCUT2D eigenvalue weighted by atomic mass is 16.5. The second kappa shape index (κ2) is 5.06. The molecule has 1 aliphatic carbocycles. The third-order valence-corrected chi connectivity index (χ3v) is 4.95. The minimum atomic E-state index is -0.174. The summed E-state index contributed by atoms with van der Waals surface area (Å²) in [6.45, 7) is 6.27. The molecule has 3 fully saturated rings. The minimum Gasteiger partial charge on any atom is -0.396 e. The summed E-state index contributed by atoms with van der Waals surface area (Å²) in [4.78, 5) is 2.43. The Kier molecular flexibility index (Phi) is 3.60. The Labute approximate surface area is 108 Å². The van der Waals surface area contributed by atoms with Crippen LogP contribution in [0.4, 0.5) is 0 Å². The molecule has 2 unspecified atom stereocenters. The van der Waals surface area contributed by atoms with E-state index in [2.05, 4.69) is 4.90 Å². The van der Waals surface area contributed by atoms with Gasteiger partial charge in [-0.1, -0.05) is 0 Å². The molecule has 0 bridgehead atoms. The van der Waals surface area contributed by atoms with E-state index in [9.17, 15) is 10.2 Å². The predicted octanol–water partition coefficient (Wildman–Crippen LogP) is -0.818. The van der Waals surface area contributed by atoms with E-state index in [1.165, 1.54) is 0 Å². The number of aliphatic hydroxyl groups is 2. The van der Waals surface area contributed by atoms with E-state index in [1.54, 1.807) is 0 Å². The van der Waals surface area contributed by atoms with Crippen molar-refractivity contribution in [3.63, 3.8) is 0 Å². The third kappa shape index (κ3) is 2.08. The molecule has 5 nitrogen and oxygen atoms in total. The summed E-state index contributed by atoms with van der Waals surface area (Å²) < 4.78 is 11.0. The lowest BCUT2D eigenvalue weighted by atomic mass is 10.0. The topological polar surface area (TPSA) is 62.2 Å². The van der Waals surface area contributed by atoms with Crippen molar-refractivity contribution in [1.82, 2.24) is 4.90 Å². The molecular formula is C13H23NO4. The van der Waals surface area contributed by atoms with Crippen LogP contribution in [-0.2, 0) is 9.47 Å². The van der Waals surface area contributed by atoms with Gasteiger partial charge in [0, 0.05) is 31.0 Å². The van der Waals surface area contributed by atoms with Crippen LogP contribution in [0, 0.1) is 23.2 Å². The third-order valence-electron chi connectivity index (χ3n) is 4.95. The summed E-state index contributed by atoms with van der Waals surface area (Å²) in [7, 11) is 0. The standard InChI is InChI=1S/C13H23NO4/c15-8-13(9-16)11-4-14(5-12(11)13)3-10-6-17-1-2-18-7-10/h10-12,15-16H,1-9H2. The van der Waals surface area contributed by atoms with Crippen LogP contribution in [0.5, 0.6) is 0 Å². The normalized spacial score (nSPS) is 36.3. The van der Waals surface area contributed by atoms with Gasteiger partial charge >= 0.3 is 0 Å². The van der Waals surface area contributed by atoms with E-state index in [1.807, 2.05) is 0 Å². The number of aliphatic hydroxyl groups excluding tert-OH is 2. The average Bonchev–Trinajstić information content (AvgIpc) is 2.91. The Morgan fingerprint density at radius 2 is 1.56 bits per heavy atom. The van der Waals surface area contributed by atoms with Crippen molar-refractivity contribution < 1.29 is 19.7 Å². The molecule has 3 aliphatic rings. The minimum absolute atomic E-state index is 0.127. The molecule has 1 saturated carbocycles. The molecule has 0 aromatic rings. The lowest BCUT2D eigenvalue weighted by Crippen LogP contribution is -2.37. The first-order valence-electron chi connectivity index (χ1n) is 6.89. The van der Waals surface area contributed by atoms with Gasteiger partial charge < -0.3 is 24.6 Å². The molecule has 2 saturated heterocycles. The van der Waals surface area contributed by atoms with Gasteiger partial charge in [-0.15, -0.1) is 0 Å². The molecular weight excluding hydrogens is 234 g/mol. The zero-order chi connectivity index (χ0) is 12.6. The fourth-order valence-corrected chi connectivity index (χ4v) is 3.72. The van der Waals surface area contributed by atoms with Crippen LogP contribution in [0.25, 0.3) is 0 Å². The van der Waals surface area contributed by atoms with Crippen LogP contribution in [0.2, 0.25) is 0 Å². The maximum absolute atomic E-state index is 9.39. The Balaban J connectivity index is 1.47. The van der Waals surface area contributed by atoms with Crippen LogP contribution in [0.15, 0.2) is 0 Å². The number of nitrogens with zero attached hydrogens (tertiary/aromatic N) is 1. The van der Waals surface area contributed by atoms with E-state index < -0.39 is 0 Å². The van der Waals surface area contributed by atoms with Crippen LogP contribution in [0.3, 0.4) is 0 Å². The van der Waals surface area contributed by atoms with Crippen LogP contribution < -0.4 is 0 Å². The molecule has 18 heavy (non-hydrogen) atoms. The molecule has 0 aromatic carbocycles. The Morgan fingerprint density at radius 1 is 1.00 bits per heavy atom. The highest BCUT2D eigenvalue weighted by Gasteiger charge is 2.67. The number of rotatable bonds is 4. The predicted molar refractivity (Wildman–Crippen MR) is 65.2 cm³/mol. The molecule has 2 heterocycles. The number of hydrogen-bond acceptors (Lipinski definition) is 5. The summed E-state index contributed by atoms with van der Waals surface area (Å²) in [5.74, 6) is 1.43. The van der Waals surface area contributed by atoms with E-state index in [-0.39, 0.29) is 18.6 Å². The smallest absolute Gasteiger partial charge is 0.0700 e. The number of fused-ring (bicyclic) bond motifs is 1. The highest BCUT2D eigenvalue weighted by Crippen LogP contribution is 2.61. The molecule has 2 aliphatic heterocycles. The molecule has 0 spiro atoms. The van der Waals surface area contributed by atoms with Gasteiger partial charge in [0.05, 0.1) is 39.6 Å². The van der Waals surface area contributed by atoms with Crippen molar-refractivity contribution in [2.75, 3.05) is 59.3 Å². The first-order chi connectivity index (χ1) is 8.80. The molecule has 0 radical (unpaired) electrons. The maximum atomic E-state index is 9.39. The second-order valence-corrected chi connectivity index (χ2v) is 6.00. The van der Waals surface area contributed by atoms with Crippen molar-refractivity contribution in [2.45, 2.75) is 0 Å². The Hall–Kier alpha value is -0.200. The van der Waals surface area contributed by atoms with Gasteiger partial charge in [-0.25, -0.2) is 0 Å². The summed E-state index contributed by atoms with van der Waals surface area (Å²) in [5, 5.41) is 18.8. The van der Waals surface area contributed by atoms with Gasteiger partial charge in [-0.3, -0.25) is 0 Å². The van der Waals surface area contributed by atoms with Crippen LogP contribution in [-0.4, -0.2) is 74.4 Å². The summed E-state index contributed by atoms with van der Waals surface area (Å²) in [6.07, 6.45) is 0. The van der Waals surface area contributed by atoms with Gasteiger partial charge in [0.15, 0.2) is 0 Å².